The van der Waals surface area contributed by atoms with Crippen LogP contribution >= 0.6 is 0 Å². The minimum absolute atomic E-state index is 0.0519. The Kier molecular flexibility index (Phi) is 3.32. The number of rotatable bonds is 3. The molecule has 0 atom stereocenters. The molecule has 0 aliphatic heterocycles. The van der Waals surface area contributed by atoms with Crippen LogP contribution in [-0.4, -0.2) is 15.9 Å². The molecule has 0 spiro atoms. The van der Waals surface area contributed by atoms with Crippen molar-refractivity contribution >= 4 is 11.6 Å². The van der Waals surface area contributed by atoms with E-state index < -0.39 is 29.0 Å². The number of nitrogens with zero attached hydrogens (tertiary/aromatic N) is 2. The number of hydrogen-bond donors (Lipinski definition) is 1. The summed E-state index contributed by atoms with van der Waals surface area (Å²) in [6.07, 6.45) is 3.27. The highest BCUT2D eigenvalue weighted by Crippen LogP contribution is 2.38. The summed E-state index contributed by atoms with van der Waals surface area (Å²) in [5, 5.41) is 2.17. The minimum atomic E-state index is -1.63. The lowest BCUT2D eigenvalue weighted by molar-refractivity contribution is 0.102. The van der Waals surface area contributed by atoms with Gasteiger partial charge in [0.1, 0.15) is 12.0 Å². The number of nitrogens with one attached hydrogen (secondary N) is 1. The van der Waals surface area contributed by atoms with Crippen LogP contribution in [0.3, 0.4) is 0 Å². The number of halogens is 3. The predicted octanol–water partition coefficient (Wildman–Crippen LogP) is 3.02. The third kappa shape index (κ3) is 2.72. The topological polar surface area (TPSA) is 54.9 Å². The smallest absolute Gasteiger partial charge is 0.274 e. The summed E-state index contributed by atoms with van der Waals surface area (Å²) in [4.78, 5) is 19.8. The zero-order chi connectivity index (χ0) is 15.0. The third-order valence-corrected chi connectivity index (χ3v) is 3.20. The van der Waals surface area contributed by atoms with E-state index in [0.717, 1.165) is 30.7 Å². The van der Waals surface area contributed by atoms with E-state index in [0.29, 0.717) is 5.92 Å². The van der Waals surface area contributed by atoms with Crippen molar-refractivity contribution < 1.29 is 18.0 Å². The van der Waals surface area contributed by atoms with Crippen LogP contribution in [0.25, 0.3) is 0 Å². The van der Waals surface area contributed by atoms with Gasteiger partial charge < -0.3 is 5.32 Å². The Morgan fingerprint density at radius 3 is 2.62 bits per heavy atom. The van der Waals surface area contributed by atoms with Crippen molar-refractivity contribution in [3.63, 3.8) is 0 Å². The zero-order valence-electron chi connectivity index (χ0n) is 10.7. The average molecular weight is 293 g/mol. The molecule has 1 N–H and O–H groups in total. The fraction of sp³-hybridized carbons (Fsp3) is 0.214. The number of hydrogen-bond acceptors (Lipinski definition) is 3. The van der Waals surface area contributed by atoms with E-state index in [4.69, 9.17) is 0 Å². The molecule has 1 heterocycles. The Morgan fingerprint density at radius 1 is 1.14 bits per heavy atom. The van der Waals surface area contributed by atoms with E-state index in [2.05, 4.69) is 15.3 Å². The summed E-state index contributed by atoms with van der Waals surface area (Å²) in [5.41, 5.74) is 0.363. The Bertz CT molecular complexity index is 717. The van der Waals surface area contributed by atoms with Gasteiger partial charge in [0.2, 0.25) is 0 Å². The van der Waals surface area contributed by atoms with Gasteiger partial charge in [0.15, 0.2) is 17.5 Å². The summed E-state index contributed by atoms with van der Waals surface area (Å²) in [5.74, 6) is -4.76. The normalized spacial score (nSPS) is 14.0. The standard InChI is InChI=1S/C14H10F3N3O/c15-8-3-4-9(13(17)12(8)16)20-14(21)11-5-10(7-1-2-7)18-6-19-11/h3-7H,1-2H2,(H,20,21). The molecular formula is C14H10F3N3O. The van der Waals surface area contributed by atoms with Crippen molar-refractivity contribution in [1.29, 1.82) is 0 Å². The Morgan fingerprint density at radius 2 is 1.90 bits per heavy atom. The van der Waals surface area contributed by atoms with Crippen molar-refractivity contribution in [2.45, 2.75) is 18.8 Å². The lowest BCUT2D eigenvalue weighted by atomic mass is 10.2. The molecule has 1 aromatic heterocycles. The second-order valence-electron chi connectivity index (χ2n) is 4.78. The van der Waals surface area contributed by atoms with Crippen LogP contribution in [0.4, 0.5) is 18.9 Å². The summed E-state index contributed by atoms with van der Waals surface area (Å²) < 4.78 is 39.4. The Labute approximate surface area is 118 Å². The van der Waals surface area contributed by atoms with E-state index >= 15 is 0 Å². The van der Waals surface area contributed by atoms with Gasteiger partial charge in [-0.1, -0.05) is 0 Å². The van der Waals surface area contributed by atoms with Gasteiger partial charge in [-0.15, -0.1) is 0 Å². The van der Waals surface area contributed by atoms with Gasteiger partial charge in [0.25, 0.3) is 5.91 Å². The molecule has 4 nitrogen and oxygen atoms in total. The molecule has 21 heavy (non-hydrogen) atoms. The molecule has 1 saturated carbocycles. The Hall–Kier alpha value is -2.44. The molecule has 0 bridgehead atoms. The van der Waals surface area contributed by atoms with Crippen LogP contribution < -0.4 is 5.32 Å². The van der Waals surface area contributed by atoms with Gasteiger partial charge in [0.05, 0.1) is 5.69 Å². The second-order valence-corrected chi connectivity index (χ2v) is 4.78. The number of aromatic nitrogens is 2. The van der Waals surface area contributed by atoms with Crippen LogP contribution in [0.2, 0.25) is 0 Å². The van der Waals surface area contributed by atoms with Gasteiger partial charge in [0, 0.05) is 11.6 Å². The first kappa shape index (κ1) is 13.5. The zero-order valence-corrected chi connectivity index (χ0v) is 10.7. The fourth-order valence-corrected chi connectivity index (χ4v) is 1.91. The molecule has 7 heteroatoms. The largest absolute Gasteiger partial charge is 0.318 e. The summed E-state index contributed by atoms with van der Waals surface area (Å²) >= 11 is 0. The quantitative estimate of drug-likeness (QED) is 0.885. The van der Waals surface area contributed by atoms with Crippen LogP contribution in [0.5, 0.6) is 0 Å². The average Bonchev–Trinajstić information content (AvgIpc) is 3.33. The van der Waals surface area contributed by atoms with Crippen molar-refractivity contribution in [1.82, 2.24) is 9.97 Å². The SMILES string of the molecule is O=C(Nc1ccc(F)c(F)c1F)c1cc(C2CC2)ncn1. The molecule has 1 fully saturated rings. The van der Waals surface area contributed by atoms with E-state index in [1.165, 1.54) is 12.4 Å². The van der Waals surface area contributed by atoms with E-state index in [9.17, 15) is 18.0 Å². The van der Waals surface area contributed by atoms with E-state index in [1.807, 2.05) is 0 Å². The highest BCUT2D eigenvalue weighted by Gasteiger charge is 2.26. The predicted molar refractivity (Wildman–Crippen MR) is 68.3 cm³/mol. The second kappa shape index (κ2) is 5.16. The molecule has 0 unspecified atom stereocenters. The molecule has 3 rings (SSSR count). The van der Waals surface area contributed by atoms with Crippen molar-refractivity contribution in [3.05, 3.63) is 53.4 Å². The first-order valence-electron chi connectivity index (χ1n) is 6.33. The summed E-state index contributed by atoms with van der Waals surface area (Å²) in [6.45, 7) is 0. The monoisotopic (exact) mass is 293 g/mol. The summed E-state index contributed by atoms with van der Waals surface area (Å²) in [7, 11) is 0. The number of carbonyl (C=O) groups is 1. The maximum absolute atomic E-state index is 13.5. The van der Waals surface area contributed by atoms with Crippen molar-refractivity contribution in [3.8, 4) is 0 Å². The molecule has 0 saturated heterocycles. The van der Waals surface area contributed by atoms with Crippen molar-refractivity contribution in [2.24, 2.45) is 0 Å². The highest BCUT2D eigenvalue weighted by molar-refractivity contribution is 6.02. The third-order valence-electron chi connectivity index (χ3n) is 3.20. The number of amides is 1. The van der Waals surface area contributed by atoms with Gasteiger partial charge in [-0.3, -0.25) is 4.79 Å². The number of carbonyl (C=O) groups excluding carboxylic acids is 1. The van der Waals surface area contributed by atoms with Gasteiger partial charge in [-0.05, 0) is 31.0 Å². The highest BCUT2D eigenvalue weighted by atomic mass is 19.2. The molecule has 1 amide bonds. The van der Waals surface area contributed by atoms with Crippen LogP contribution in [0.1, 0.15) is 34.9 Å². The van der Waals surface area contributed by atoms with E-state index in [1.54, 1.807) is 0 Å². The van der Waals surface area contributed by atoms with Gasteiger partial charge in [-0.25, -0.2) is 23.1 Å². The Balaban J connectivity index is 1.83. The first-order valence-corrected chi connectivity index (χ1v) is 6.33. The maximum atomic E-state index is 13.5. The maximum Gasteiger partial charge on any atom is 0.274 e. The van der Waals surface area contributed by atoms with Gasteiger partial charge in [-0.2, -0.15) is 0 Å². The molecule has 1 aromatic carbocycles. The molecule has 1 aliphatic rings. The molecule has 2 aromatic rings. The fourth-order valence-electron chi connectivity index (χ4n) is 1.91. The molecule has 1 aliphatic carbocycles. The number of anilines is 1. The number of benzene rings is 1. The summed E-state index contributed by atoms with van der Waals surface area (Å²) in [6, 6.07) is 3.21. The van der Waals surface area contributed by atoms with Gasteiger partial charge >= 0.3 is 0 Å². The lowest BCUT2D eigenvalue weighted by Crippen LogP contribution is -2.16. The van der Waals surface area contributed by atoms with Crippen molar-refractivity contribution in [2.75, 3.05) is 5.32 Å². The molecular weight excluding hydrogens is 283 g/mol. The van der Waals surface area contributed by atoms with Crippen LogP contribution in [0.15, 0.2) is 24.5 Å². The van der Waals surface area contributed by atoms with Crippen LogP contribution in [-0.2, 0) is 0 Å². The molecule has 0 radical (unpaired) electrons. The molecule has 108 valence electrons. The van der Waals surface area contributed by atoms with E-state index in [-0.39, 0.29) is 5.69 Å². The van der Waals surface area contributed by atoms with Crippen LogP contribution in [0, 0.1) is 17.5 Å². The first-order chi connectivity index (χ1) is 10.1. The lowest BCUT2D eigenvalue weighted by Gasteiger charge is -2.07. The minimum Gasteiger partial charge on any atom is -0.318 e.